The zero-order valence-electron chi connectivity index (χ0n) is 7.37. The molecule has 0 unspecified atom stereocenters. The Kier molecular flexibility index (Phi) is 2.41. The van der Waals surface area contributed by atoms with Gasteiger partial charge in [0.15, 0.2) is 11.5 Å². The molecule has 4 heteroatoms. The Labute approximate surface area is 75.4 Å². The van der Waals surface area contributed by atoms with E-state index in [1.54, 1.807) is 13.0 Å². The molecule has 1 aromatic carbocycles. The second-order valence-electron chi connectivity index (χ2n) is 2.67. The van der Waals surface area contributed by atoms with Gasteiger partial charge in [-0.2, -0.15) is 0 Å². The molecule has 0 aromatic heterocycles. The summed E-state index contributed by atoms with van der Waals surface area (Å²) in [6.07, 6.45) is 0. The predicted molar refractivity (Wildman–Crippen MR) is 46.4 cm³/mol. The number of hydrogen-bond donors (Lipinski definition) is 2. The Hall–Kier alpha value is -1.71. The molecule has 0 fully saturated rings. The summed E-state index contributed by atoms with van der Waals surface area (Å²) < 4.78 is 4.80. The first-order valence-corrected chi connectivity index (χ1v) is 3.67. The van der Waals surface area contributed by atoms with E-state index in [9.17, 15) is 9.90 Å². The monoisotopic (exact) mass is 182 g/mol. The third-order valence-corrected chi connectivity index (χ3v) is 1.67. The summed E-state index contributed by atoms with van der Waals surface area (Å²) in [7, 11) is 1.38. The molecule has 70 valence electrons. The van der Waals surface area contributed by atoms with Gasteiger partial charge in [0.05, 0.1) is 7.11 Å². The van der Waals surface area contributed by atoms with Crippen LogP contribution in [0.3, 0.4) is 0 Å². The summed E-state index contributed by atoms with van der Waals surface area (Å²) in [5, 5.41) is 18.1. The molecule has 0 spiro atoms. The van der Waals surface area contributed by atoms with Crippen molar-refractivity contribution >= 4 is 5.97 Å². The van der Waals surface area contributed by atoms with Crippen LogP contribution in [0, 0.1) is 6.92 Å². The molecule has 0 bridgehead atoms. The molecule has 0 aliphatic rings. The molecule has 1 aromatic rings. The molecule has 0 atom stereocenters. The molecule has 13 heavy (non-hydrogen) atoms. The van der Waals surface area contributed by atoms with Gasteiger partial charge in [-0.3, -0.25) is 0 Å². The molecular weight excluding hydrogens is 172 g/mol. The van der Waals surface area contributed by atoms with Gasteiger partial charge in [-0.25, -0.2) is 4.79 Å². The molecule has 0 heterocycles. The van der Waals surface area contributed by atoms with Crippen LogP contribution in [0.5, 0.6) is 11.5 Å². The molecule has 0 saturated carbocycles. The summed E-state index contributed by atoms with van der Waals surface area (Å²) in [4.78, 5) is 10.6. The number of hydrogen-bond acceptors (Lipinski definition) is 3. The number of phenols is 1. The Morgan fingerprint density at radius 3 is 2.54 bits per heavy atom. The van der Waals surface area contributed by atoms with Crippen molar-refractivity contribution in [3.63, 3.8) is 0 Å². The summed E-state index contributed by atoms with van der Waals surface area (Å²) in [6, 6.07) is 2.96. The number of ether oxygens (including phenoxy) is 1. The normalized spacial score (nSPS) is 9.69. The van der Waals surface area contributed by atoms with Gasteiger partial charge >= 0.3 is 5.97 Å². The van der Waals surface area contributed by atoms with Gasteiger partial charge < -0.3 is 14.9 Å². The van der Waals surface area contributed by atoms with E-state index in [0.29, 0.717) is 0 Å². The first-order valence-electron chi connectivity index (χ1n) is 3.67. The fourth-order valence-electron chi connectivity index (χ4n) is 1.06. The minimum atomic E-state index is -1.17. The number of methoxy groups -OCH3 is 1. The molecule has 0 saturated heterocycles. The van der Waals surface area contributed by atoms with Crippen LogP contribution in [0.15, 0.2) is 12.1 Å². The molecule has 0 amide bonds. The molecule has 4 nitrogen and oxygen atoms in total. The number of carboxylic acids is 1. The zero-order valence-corrected chi connectivity index (χ0v) is 7.37. The number of rotatable bonds is 2. The van der Waals surface area contributed by atoms with Crippen LogP contribution >= 0.6 is 0 Å². The lowest BCUT2D eigenvalue weighted by atomic mass is 10.1. The van der Waals surface area contributed by atoms with E-state index in [0.717, 1.165) is 5.56 Å². The summed E-state index contributed by atoms with van der Waals surface area (Å²) in [5.41, 5.74) is 0.587. The first-order chi connectivity index (χ1) is 6.06. The number of aryl methyl sites for hydroxylation is 1. The van der Waals surface area contributed by atoms with E-state index < -0.39 is 5.97 Å². The van der Waals surface area contributed by atoms with Crippen molar-refractivity contribution in [3.05, 3.63) is 23.3 Å². The van der Waals surface area contributed by atoms with Crippen LogP contribution in [0.4, 0.5) is 0 Å². The number of aromatic hydroxyl groups is 1. The van der Waals surface area contributed by atoms with Gasteiger partial charge in [-0.15, -0.1) is 0 Å². The number of carbonyl (C=O) groups is 1. The van der Waals surface area contributed by atoms with Gasteiger partial charge in [0.25, 0.3) is 0 Å². The van der Waals surface area contributed by atoms with E-state index in [-0.39, 0.29) is 17.1 Å². The second kappa shape index (κ2) is 3.35. The van der Waals surface area contributed by atoms with Crippen LogP contribution in [0.2, 0.25) is 0 Å². The standard InChI is InChI=1S/C9H10O4/c1-5-3-6(9(11)12)8(10)7(4-5)13-2/h3-4,10H,1-2H3,(H,11,12). The SMILES string of the molecule is COc1cc(C)cc(C(=O)O)c1O. The van der Waals surface area contributed by atoms with Crippen molar-refractivity contribution in [1.82, 2.24) is 0 Å². The molecular formula is C9H10O4. The maximum Gasteiger partial charge on any atom is 0.339 e. The van der Waals surface area contributed by atoms with Gasteiger partial charge in [0.2, 0.25) is 0 Å². The highest BCUT2D eigenvalue weighted by atomic mass is 16.5. The van der Waals surface area contributed by atoms with Gasteiger partial charge in [0, 0.05) is 0 Å². The number of benzene rings is 1. The lowest BCUT2D eigenvalue weighted by molar-refractivity contribution is 0.0693. The van der Waals surface area contributed by atoms with Crippen LogP contribution in [-0.2, 0) is 0 Å². The predicted octanol–water partition coefficient (Wildman–Crippen LogP) is 1.41. The van der Waals surface area contributed by atoms with E-state index in [1.807, 2.05) is 0 Å². The topological polar surface area (TPSA) is 66.8 Å². The fourth-order valence-corrected chi connectivity index (χ4v) is 1.06. The van der Waals surface area contributed by atoms with Gasteiger partial charge in [0.1, 0.15) is 5.56 Å². The maximum atomic E-state index is 10.6. The summed E-state index contributed by atoms with van der Waals surface area (Å²) >= 11 is 0. The van der Waals surface area contributed by atoms with Crippen molar-refractivity contribution in [2.45, 2.75) is 6.92 Å². The van der Waals surface area contributed by atoms with Crippen LogP contribution < -0.4 is 4.74 Å². The molecule has 0 radical (unpaired) electrons. The Balaban J connectivity index is 3.35. The minimum Gasteiger partial charge on any atom is -0.504 e. The lowest BCUT2D eigenvalue weighted by Crippen LogP contribution is -1.99. The highest BCUT2D eigenvalue weighted by molar-refractivity contribution is 5.92. The van der Waals surface area contributed by atoms with Crippen molar-refractivity contribution < 1.29 is 19.7 Å². The lowest BCUT2D eigenvalue weighted by Gasteiger charge is -2.06. The molecule has 0 aliphatic heterocycles. The van der Waals surface area contributed by atoms with Crippen molar-refractivity contribution in [2.75, 3.05) is 7.11 Å². The van der Waals surface area contributed by atoms with E-state index in [2.05, 4.69) is 0 Å². The largest absolute Gasteiger partial charge is 0.504 e. The highest BCUT2D eigenvalue weighted by Gasteiger charge is 2.14. The van der Waals surface area contributed by atoms with Crippen molar-refractivity contribution in [1.29, 1.82) is 0 Å². The highest BCUT2D eigenvalue weighted by Crippen LogP contribution is 2.30. The Morgan fingerprint density at radius 2 is 2.08 bits per heavy atom. The fraction of sp³-hybridized carbons (Fsp3) is 0.222. The number of aromatic carboxylic acids is 1. The van der Waals surface area contributed by atoms with E-state index >= 15 is 0 Å². The first kappa shape index (κ1) is 9.38. The molecule has 1 rings (SSSR count). The third-order valence-electron chi connectivity index (χ3n) is 1.67. The van der Waals surface area contributed by atoms with Gasteiger partial charge in [-0.1, -0.05) is 0 Å². The Morgan fingerprint density at radius 1 is 1.46 bits per heavy atom. The van der Waals surface area contributed by atoms with Gasteiger partial charge in [-0.05, 0) is 24.6 Å². The van der Waals surface area contributed by atoms with Crippen LogP contribution in [-0.4, -0.2) is 23.3 Å². The average Bonchev–Trinajstić information content (AvgIpc) is 2.08. The average molecular weight is 182 g/mol. The third kappa shape index (κ3) is 1.72. The van der Waals surface area contributed by atoms with Crippen LogP contribution in [0.25, 0.3) is 0 Å². The summed E-state index contributed by atoms with van der Waals surface area (Å²) in [6.45, 7) is 1.73. The molecule has 0 aliphatic carbocycles. The second-order valence-corrected chi connectivity index (χ2v) is 2.67. The van der Waals surface area contributed by atoms with Crippen molar-refractivity contribution in [2.24, 2.45) is 0 Å². The number of carboxylic acid groups (broad SMARTS) is 1. The van der Waals surface area contributed by atoms with E-state index in [4.69, 9.17) is 9.84 Å². The zero-order chi connectivity index (χ0) is 10.0. The summed E-state index contributed by atoms with van der Waals surface area (Å²) in [5.74, 6) is -1.32. The van der Waals surface area contributed by atoms with Crippen molar-refractivity contribution in [3.8, 4) is 11.5 Å². The van der Waals surface area contributed by atoms with E-state index in [1.165, 1.54) is 13.2 Å². The minimum absolute atomic E-state index is 0.142. The quantitative estimate of drug-likeness (QED) is 0.725. The Bertz CT molecular complexity index is 344. The van der Waals surface area contributed by atoms with Crippen LogP contribution in [0.1, 0.15) is 15.9 Å². The molecule has 2 N–H and O–H groups in total. The maximum absolute atomic E-state index is 10.6. The smallest absolute Gasteiger partial charge is 0.339 e.